The lowest BCUT2D eigenvalue weighted by Gasteiger charge is -2.14. The molecule has 0 aliphatic carbocycles. The SMILES string of the molecule is CN(CCO)CCC(=O)OCCCCCCOC(=O)CCNCCO. The molecule has 0 bridgehead atoms. The summed E-state index contributed by atoms with van der Waals surface area (Å²) in [7, 11) is 1.85. The minimum absolute atomic E-state index is 0.0606. The Morgan fingerprint density at radius 2 is 1.44 bits per heavy atom. The minimum Gasteiger partial charge on any atom is -0.466 e. The molecule has 25 heavy (non-hydrogen) atoms. The highest BCUT2D eigenvalue weighted by Gasteiger charge is 2.05. The van der Waals surface area contributed by atoms with Crippen LogP contribution in [0.3, 0.4) is 0 Å². The molecule has 0 aliphatic heterocycles. The number of unbranched alkanes of at least 4 members (excludes halogenated alkanes) is 3. The van der Waals surface area contributed by atoms with E-state index in [2.05, 4.69) is 5.32 Å². The Morgan fingerprint density at radius 3 is 2.00 bits per heavy atom. The topological polar surface area (TPSA) is 108 Å². The Labute approximate surface area is 150 Å². The van der Waals surface area contributed by atoms with Gasteiger partial charge in [0.05, 0.1) is 39.3 Å². The van der Waals surface area contributed by atoms with Crippen molar-refractivity contribution in [1.82, 2.24) is 10.2 Å². The first-order chi connectivity index (χ1) is 12.1. The maximum atomic E-state index is 11.5. The quantitative estimate of drug-likeness (QED) is 0.244. The first-order valence-corrected chi connectivity index (χ1v) is 9.02. The number of aliphatic hydroxyl groups is 2. The van der Waals surface area contributed by atoms with Crippen LogP contribution in [0.5, 0.6) is 0 Å². The van der Waals surface area contributed by atoms with Gasteiger partial charge in [-0.3, -0.25) is 9.59 Å². The zero-order valence-electron chi connectivity index (χ0n) is 15.4. The number of ether oxygens (including phenoxy) is 2. The molecule has 8 nitrogen and oxygen atoms in total. The number of hydrogen-bond donors (Lipinski definition) is 3. The predicted molar refractivity (Wildman–Crippen MR) is 94.2 cm³/mol. The monoisotopic (exact) mass is 362 g/mol. The van der Waals surface area contributed by atoms with Gasteiger partial charge in [0.1, 0.15) is 0 Å². The van der Waals surface area contributed by atoms with E-state index < -0.39 is 0 Å². The van der Waals surface area contributed by atoms with Crippen molar-refractivity contribution in [2.75, 3.05) is 59.7 Å². The van der Waals surface area contributed by atoms with E-state index in [0.29, 0.717) is 52.2 Å². The third-order valence-corrected chi connectivity index (χ3v) is 3.54. The van der Waals surface area contributed by atoms with Gasteiger partial charge >= 0.3 is 11.9 Å². The van der Waals surface area contributed by atoms with Crippen LogP contribution in [-0.2, 0) is 19.1 Å². The number of carbonyl (C=O) groups is 2. The summed E-state index contributed by atoms with van der Waals surface area (Å²) in [6, 6.07) is 0. The number of likely N-dealkylation sites (N-methyl/N-ethyl adjacent to an activating group) is 1. The molecule has 0 spiro atoms. The Hall–Kier alpha value is -1.22. The van der Waals surface area contributed by atoms with Crippen molar-refractivity contribution in [3.63, 3.8) is 0 Å². The molecule has 148 valence electrons. The number of carbonyl (C=O) groups excluding carboxylic acids is 2. The Balaban J connectivity index is 3.32. The van der Waals surface area contributed by atoms with E-state index in [-0.39, 0.29) is 25.2 Å². The number of aliphatic hydroxyl groups excluding tert-OH is 2. The van der Waals surface area contributed by atoms with Crippen molar-refractivity contribution in [2.24, 2.45) is 0 Å². The summed E-state index contributed by atoms with van der Waals surface area (Å²) in [6.07, 6.45) is 4.09. The molecule has 8 heteroatoms. The van der Waals surface area contributed by atoms with Gasteiger partial charge in [0, 0.05) is 26.2 Å². The third-order valence-electron chi connectivity index (χ3n) is 3.54. The van der Waals surface area contributed by atoms with Gasteiger partial charge < -0.3 is 29.9 Å². The van der Waals surface area contributed by atoms with Crippen molar-refractivity contribution >= 4 is 11.9 Å². The van der Waals surface area contributed by atoms with E-state index in [1.54, 1.807) is 0 Å². The smallest absolute Gasteiger partial charge is 0.307 e. The molecule has 0 aromatic carbocycles. The van der Waals surface area contributed by atoms with Crippen LogP contribution in [0, 0.1) is 0 Å². The molecule has 0 rings (SSSR count). The van der Waals surface area contributed by atoms with Crippen molar-refractivity contribution in [3.8, 4) is 0 Å². The Kier molecular flexibility index (Phi) is 16.7. The number of hydrogen-bond acceptors (Lipinski definition) is 8. The van der Waals surface area contributed by atoms with Gasteiger partial charge in [0.15, 0.2) is 0 Å². The highest BCUT2D eigenvalue weighted by Crippen LogP contribution is 2.02. The molecule has 0 aromatic rings. The van der Waals surface area contributed by atoms with Gasteiger partial charge in [-0.2, -0.15) is 0 Å². The van der Waals surface area contributed by atoms with E-state index in [9.17, 15) is 9.59 Å². The van der Waals surface area contributed by atoms with Gasteiger partial charge in [0.2, 0.25) is 0 Å². The summed E-state index contributed by atoms with van der Waals surface area (Å²) in [5, 5.41) is 20.2. The van der Waals surface area contributed by atoms with E-state index >= 15 is 0 Å². The van der Waals surface area contributed by atoms with Crippen LogP contribution in [0.2, 0.25) is 0 Å². The van der Waals surface area contributed by atoms with Gasteiger partial charge in [-0.15, -0.1) is 0 Å². The van der Waals surface area contributed by atoms with Gasteiger partial charge in [0.25, 0.3) is 0 Å². The second-order valence-electron chi connectivity index (χ2n) is 5.86. The zero-order valence-corrected chi connectivity index (χ0v) is 15.4. The highest BCUT2D eigenvalue weighted by atomic mass is 16.5. The minimum atomic E-state index is -0.231. The van der Waals surface area contributed by atoms with Crippen LogP contribution in [0.25, 0.3) is 0 Å². The third kappa shape index (κ3) is 17.4. The molecule has 0 unspecified atom stereocenters. The molecule has 0 atom stereocenters. The van der Waals surface area contributed by atoms with Crippen molar-refractivity contribution in [2.45, 2.75) is 38.5 Å². The van der Waals surface area contributed by atoms with Crippen LogP contribution >= 0.6 is 0 Å². The zero-order chi connectivity index (χ0) is 18.8. The predicted octanol–water partition coefficient (Wildman–Crippen LogP) is -0.0806. The Morgan fingerprint density at radius 1 is 0.840 bits per heavy atom. The van der Waals surface area contributed by atoms with Crippen LogP contribution < -0.4 is 5.32 Å². The molecule has 0 aromatic heterocycles. The van der Waals surface area contributed by atoms with E-state index in [0.717, 1.165) is 25.7 Å². The molecular formula is C17H34N2O6. The average molecular weight is 362 g/mol. The maximum Gasteiger partial charge on any atom is 0.307 e. The summed E-state index contributed by atoms with van der Waals surface area (Å²) in [4.78, 5) is 24.7. The molecule has 0 fully saturated rings. The van der Waals surface area contributed by atoms with Crippen LogP contribution in [-0.4, -0.2) is 86.7 Å². The average Bonchev–Trinajstić information content (AvgIpc) is 2.59. The number of esters is 2. The van der Waals surface area contributed by atoms with E-state index in [4.69, 9.17) is 19.7 Å². The van der Waals surface area contributed by atoms with Crippen molar-refractivity contribution < 1.29 is 29.3 Å². The molecule has 0 saturated heterocycles. The summed E-state index contributed by atoms with van der Waals surface area (Å²) in [6.45, 7) is 3.11. The summed E-state index contributed by atoms with van der Waals surface area (Å²) in [5.74, 6) is -0.445. The fourth-order valence-corrected chi connectivity index (χ4v) is 2.03. The van der Waals surface area contributed by atoms with E-state index in [1.165, 1.54) is 0 Å². The standard InChI is InChI=1S/C17H34N2O6/c1-19(11-13-21)10-7-17(23)25-15-5-3-2-4-14-24-16(22)6-8-18-9-12-20/h18,20-21H,2-15H2,1H3. The summed E-state index contributed by atoms with van der Waals surface area (Å²) in [5.41, 5.74) is 0. The molecule has 3 N–H and O–H groups in total. The van der Waals surface area contributed by atoms with Gasteiger partial charge in [-0.05, 0) is 32.7 Å². The van der Waals surface area contributed by atoms with Gasteiger partial charge in [-0.25, -0.2) is 0 Å². The van der Waals surface area contributed by atoms with E-state index in [1.807, 2.05) is 11.9 Å². The summed E-state index contributed by atoms with van der Waals surface area (Å²) < 4.78 is 10.2. The number of rotatable bonds is 17. The number of nitrogens with one attached hydrogen (secondary N) is 1. The van der Waals surface area contributed by atoms with Crippen LogP contribution in [0.15, 0.2) is 0 Å². The lowest BCUT2D eigenvalue weighted by molar-refractivity contribution is -0.145. The highest BCUT2D eigenvalue weighted by molar-refractivity contribution is 5.69. The second-order valence-corrected chi connectivity index (χ2v) is 5.86. The molecule has 0 radical (unpaired) electrons. The first kappa shape index (κ1) is 23.8. The van der Waals surface area contributed by atoms with Crippen molar-refractivity contribution in [3.05, 3.63) is 0 Å². The first-order valence-electron chi connectivity index (χ1n) is 9.02. The summed E-state index contributed by atoms with van der Waals surface area (Å²) >= 11 is 0. The fraction of sp³-hybridized carbons (Fsp3) is 0.882. The lowest BCUT2D eigenvalue weighted by atomic mass is 10.2. The second kappa shape index (κ2) is 17.6. The fourth-order valence-electron chi connectivity index (χ4n) is 2.03. The molecule has 0 amide bonds. The van der Waals surface area contributed by atoms with Crippen LogP contribution in [0.1, 0.15) is 38.5 Å². The normalized spacial score (nSPS) is 10.9. The van der Waals surface area contributed by atoms with Crippen molar-refractivity contribution in [1.29, 1.82) is 0 Å². The van der Waals surface area contributed by atoms with Gasteiger partial charge in [-0.1, -0.05) is 0 Å². The lowest BCUT2D eigenvalue weighted by Crippen LogP contribution is -2.25. The van der Waals surface area contributed by atoms with Crippen LogP contribution in [0.4, 0.5) is 0 Å². The number of nitrogens with zero attached hydrogens (tertiary/aromatic N) is 1. The maximum absolute atomic E-state index is 11.5. The Bertz CT molecular complexity index is 341. The molecule has 0 aliphatic rings. The molecular weight excluding hydrogens is 328 g/mol. The largest absolute Gasteiger partial charge is 0.466 e. The molecule has 0 heterocycles. The molecule has 0 saturated carbocycles.